The van der Waals surface area contributed by atoms with E-state index < -0.39 is 128 Å². The van der Waals surface area contributed by atoms with Gasteiger partial charge < -0.3 is 86.0 Å². The molecule has 2 saturated heterocycles. The Balaban J connectivity index is 0.00000336. The third-order valence-electron chi connectivity index (χ3n) is 13.7. The first-order chi connectivity index (χ1) is 35.6. The minimum atomic E-state index is -1.69. The number of nitrogens with two attached hydrogens (primary N) is 1. The molecule has 21 heteroatoms. The van der Waals surface area contributed by atoms with Gasteiger partial charge in [0.25, 0.3) is 0 Å². The number of carbonyl (C=O) groups is 2. The van der Waals surface area contributed by atoms with Crippen molar-refractivity contribution in [2.75, 3.05) is 14.2 Å². The van der Waals surface area contributed by atoms with E-state index in [0.29, 0.717) is 0 Å². The number of carbonyl (C=O) groups excluding carboxylic acids is 2. The molecule has 76 heavy (non-hydrogen) atoms. The van der Waals surface area contributed by atoms with Crippen molar-refractivity contribution in [2.24, 2.45) is 17.6 Å². The molecule has 3 aliphatic rings. The molecule has 0 spiro atoms. The smallest absolute Gasteiger partial charge is 0.314 e. The van der Waals surface area contributed by atoms with E-state index >= 15 is 0 Å². The Bertz CT molecular complexity index is 1820. The van der Waals surface area contributed by atoms with Crippen LogP contribution in [-0.4, -0.2) is 183 Å². The number of nitrogens with one attached hydrogen (secondary N) is 2. The normalized spacial score (nSPS) is 40.1. The Hall–Kier alpha value is -2.52. The number of ether oxygens (including phenoxy) is 5. The SMILES string of the molecule is CNC(=O)N[C@H]1[C@@H]2C[C@@H](OC3OC(C)C(O)C(N)C3O)/C=C/C=C/C=C/C=C/C=C/C=C/C=C/[C@H](C)[C@@H](O)[C@@H](C)[C@H](C)OC(=O)C[C@H](O)C[C@H](O)CC[C@@H](O)[C@H](O)C[C@H](O)C[C@](OC)(C[C@@H]1O)O2.C[B]CCCCC.[U]. The van der Waals surface area contributed by atoms with Gasteiger partial charge >= 0.3 is 12.0 Å². The minimum absolute atomic E-state index is 0. The fourth-order valence-electron chi connectivity index (χ4n) is 8.85. The van der Waals surface area contributed by atoms with Crippen LogP contribution >= 0.6 is 0 Å². The second-order valence-corrected chi connectivity index (χ2v) is 20.0. The molecule has 0 aromatic rings. The van der Waals surface area contributed by atoms with Crippen molar-refractivity contribution in [3.63, 3.8) is 0 Å². The Kier molecular flexibility index (Phi) is 36.7. The van der Waals surface area contributed by atoms with Crippen LogP contribution in [0.2, 0.25) is 13.1 Å². The summed E-state index contributed by atoms with van der Waals surface area (Å²) in [5, 5.41) is 103. The van der Waals surface area contributed by atoms with Crippen LogP contribution in [0.25, 0.3) is 0 Å². The van der Waals surface area contributed by atoms with E-state index in [0.717, 1.165) is 0 Å². The molecule has 2 bridgehead atoms. The molecule has 431 valence electrons. The molecule has 13 N–H and O–H groups in total. The predicted octanol–water partition coefficient (Wildman–Crippen LogP) is 3.31. The number of aliphatic hydroxyl groups excluding tert-OH is 9. The summed E-state index contributed by atoms with van der Waals surface area (Å²) in [7, 11) is 4.94. The van der Waals surface area contributed by atoms with E-state index in [1.807, 2.05) is 49.5 Å². The summed E-state index contributed by atoms with van der Waals surface area (Å²) < 4.78 is 29.9. The van der Waals surface area contributed by atoms with E-state index in [1.165, 1.54) is 39.7 Å². The van der Waals surface area contributed by atoms with Gasteiger partial charge in [-0.15, -0.1) is 0 Å². The van der Waals surface area contributed by atoms with Gasteiger partial charge in [-0.2, -0.15) is 0 Å². The Morgan fingerprint density at radius 3 is 1.89 bits per heavy atom. The molecule has 3 aliphatic heterocycles. The zero-order valence-corrected chi connectivity index (χ0v) is 50.2. The summed E-state index contributed by atoms with van der Waals surface area (Å²) in [4.78, 5) is 25.3. The van der Waals surface area contributed by atoms with Gasteiger partial charge in [0, 0.05) is 82.8 Å². The number of esters is 1. The maximum absolute atomic E-state index is 12.7. The second kappa shape index (κ2) is 39.0. The van der Waals surface area contributed by atoms with Crippen molar-refractivity contribution in [2.45, 2.75) is 222 Å². The molecule has 2 fully saturated rings. The molecule has 0 aliphatic carbocycles. The van der Waals surface area contributed by atoms with Gasteiger partial charge in [0.15, 0.2) is 12.1 Å². The molecule has 0 aromatic heterocycles. The largest absolute Gasteiger partial charge is 0.462 e. The van der Waals surface area contributed by atoms with Crippen LogP contribution in [0.1, 0.15) is 105 Å². The molecular weight excluding hydrogens is 1210 g/mol. The first-order valence-electron chi connectivity index (χ1n) is 26.7. The number of aliphatic hydroxyl groups is 9. The molecule has 0 saturated carbocycles. The maximum Gasteiger partial charge on any atom is 0.314 e. The van der Waals surface area contributed by atoms with Gasteiger partial charge in [0.05, 0.1) is 85.6 Å². The summed E-state index contributed by atoms with van der Waals surface area (Å²) >= 11 is 0. The van der Waals surface area contributed by atoms with Crippen LogP contribution < -0.4 is 16.4 Å². The number of hydrogen-bond donors (Lipinski definition) is 12. The van der Waals surface area contributed by atoms with Gasteiger partial charge in [-0.25, -0.2) is 4.79 Å². The number of fused-ring (bicyclic) bond motifs is 2. The van der Waals surface area contributed by atoms with Gasteiger partial charge in [-0.05, 0) is 33.1 Å². The molecule has 1 radical (unpaired) electrons. The van der Waals surface area contributed by atoms with Gasteiger partial charge in [0.2, 0.25) is 0 Å². The summed E-state index contributed by atoms with van der Waals surface area (Å²) in [6, 6.07) is -2.78. The van der Waals surface area contributed by atoms with Crippen LogP contribution in [0.15, 0.2) is 85.1 Å². The predicted molar refractivity (Wildman–Crippen MR) is 288 cm³/mol. The molecule has 19 atom stereocenters. The third kappa shape index (κ3) is 26.6. The number of allylic oxidation sites excluding steroid dienone is 12. The average Bonchev–Trinajstić information content (AvgIpc) is 3.36. The Morgan fingerprint density at radius 1 is 0.737 bits per heavy atom. The van der Waals surface area contributed by atoms with Gasteiger partial charge in [-0.3, -0.25) is 4.79 Å². The van der Waals surface area contributed by atoms with Crippen LogP contribution in [-0.2, 0) is 28.5 Å². The first-order valence-corrected chi connectivity index (χ1v) is 26.7. The number of amides is 2. The zero-order valence-electron chi connectivity index (χ0n) is 46.0. The molecule has 0 aromatic carbocycles. The topological polar surface area (TPSA) is 312 Å². The monoisotopic (exact) mass is 1300 g/mol. The summed E-state index contributed by atoms with van der Waals surface area (Å²) in [6.45, 7) is 11.2. The van der Waals surface area contributed by atoms with Crippen LogP contribution in [0.5, 0.6) is 0 Å². The quantitative estimate of drug-likeness (QED) is 0.0943. The van der Waals surface area contributed by atoms with E-state index in [-0.39, 0.29) is 82.0 Å². The van der Waals surface area contributed by atoms with Crippen molar-refractivity contribution in [3.05, 3.63) is 85.1 Å². The van der Waals surface area contributed by atoms with Crippen LogP contribution in [0.3, 0.4) is 0 Å². The molecular formula is C55H93BN3O16U. The van der Waals surface area contributed by atoms with Crippen molar-refractivity contribution < 1.29 is 110 Å². The number of hydrogen-bond acceptors (Lipinski definition) is 17. The summed E-state index contributed by atoms with van der Waals surface area (Å²) in [5.74, 6) is -3.12. The number of cyclic esters (lactones) is 1. The molecule has 5 unspecified atom stereocenters. The first kappa shape index (κ1) is 71.5. The number of methoxy groups -OCH3 is 1. The van der Waals surface area contributed by atoms with E-state index in [9.17, 15) is 55.5 Å². The second-order valence-electron chi connectivity index (χ2n) is 20.0. The third-order valence-corrected chi connectivity index (χ3v) is 13.7. The Labute approximate surface area is 476 Å². The van der Waals surface area contributed by atoms with E-state index in [4.69, 9.17) is 29.4 Å². The van der Waals surface area contributed by atoms with Gasteiger partial charge in [-0.1, -0.05) is 138 Å². The minimum Gasteiger partial charge on any atom is -0.462 e. The summed E-state index contributed by atoms with van der Waals surface area (Å²) in [6.07, 6.45) is 12.3. The van der Waals surface area contributed by atoms with E-state index in [1.54, 1.807) is 63.3 Å². The van der Waals surface area contributed by atoms with Crippen molar-refractivity contribution in [1.29, 1.82) is 0 Å². The van der Waals surface area contributed by atoms with Crippen molar-refractivity contribution >= 4 is 19.3 Å². The zero-order chi connectivity index (χ0) is 56.1. The Morgan fingerprint density at radius 2 is 1.33 bits per heavy atom. The molecule has 3 heterocycles. The summed E-state index contributed by atoms with van der Waals surface area (Å²) in [5.41, 5.74) is 6.11. The molecule has 19 nitrogen and oxygen atoms in total. The number of rotatable bonds is 8. The van der Waals surface area contributed by atoms with Crippen molar-refractivity contribution in [3.8, 4) is 0 Å². The molecule has 3 rings (SSSR count). The maximum atomic E-state index is 12.7. The van der Waals surface area contributed by atoms with Crippen LogP contribution in [0, 0.1) is 42.9 Å². The van der Waals surface area contributed by atoms with Crippen LogP contribution in [0.4, 0.5) is 4.79 Å². The standard InChI is InChI=1S/C49H79N3O16.C6H14B.U/c1-29-19-17-15-13-11-9-7-8-10-12-14-16-18-20-36(67-47-46(62)42(50)45(61)32(4)66-47)26-40-43(52-48(63)51-5)39(58)28-49(64-6,68-40)27-35(55)24-38(57)37(56)22-21-33(53)23-34(54)25-41(59)65-31(3)30(2)44(29)60;1-3-4-5-6-7-2;/h7-20,29-40,42-47,53-58,60-62H,21-28,50H2,1-6H3,(H2,51,52,63);3-6H2,1-2H3;/b8-7+,11-9+,12-10+,15-13+,16-14+,19-17+,20-18+;;/t29-,30-,31-,32?,33+,34+,35-,36-,37+,38+,39-,40-,42?,43+,44+,45?,46?,47?,49+;;/m0../s1. The fraction of sp³-hybridized carbons (Fsp3) is 0.709. The van der Waals surface area contributed by atoms with Crippen molar-refractivity contribution in [1.82, 2.24) is 10.6 Å². The number of unbranched alkanes of at least 4 members (excludes halogenated alkanes) is 2. The fourth-order valence-corrected chi connectivity index (χ4v) is 8.85. The van der Waals surface area contributed by atoms with E-state index in [2.05, 4.69) is 31.7 Å². The number of urea groups is 1. The average molecular weight is 1300 g/mol. The van der Waals surface area contributed by atoms with Gasteiger partial charge in [0.1, 0.15) is 19.5 Å². The molecule has 2 amide bonds.